The molecule has 34 heavy (non-hydrogen) atoms. The second kappa shape index (κ2) is 13.6. The van der Waals surface area contributed by atoms with Crippen molar-refractivity contribution in [1.82, 2.24) is 0 Å². The molecule has 4 nitrogen and oxygen atoms in total. The molecule has 0 aliphatic carbocycles. The Morgan fingerprint density at radius 1 is 0.765 bits per heavy atom. The molecule has 4 heteroatoms. The molecule has 0 aliphatic heterocycles. The van der Waals surface area contributed by atoms with Gasteiger partial charge >= 0.3 is 5.97 Å². The van der Waals surface area contributed by atoms with Crippen molar-refractivity contribution >= 4 is 16.7 Å². The van der Waals surface area contributed by atoms with Crippen molar-refractivity contribution in [2.24, 2.45) is 0 Å². The van der Waals surface area contributed by atoms with Crippen molar-refractivity contribution in [1.29, 1.82) is 0 Å². The molecule has 0 N–H and O–H groups in total. The Kier molecular flexibility index (Phi) is 10.3. The van der Waals surface area contributed by atoms with Crippen LogP contribution in [-0.2, 0) is 0 Å². The highest BCUT2D eigenvalue weighted by atomic mass is 16.5. The van der Waals surface area contributed by atoms with Crippen molar-refractivity contribution in [2.45, 2.75) is 72.1 Å². The maximum atomic E-state index is 13.3. The Labute approximate surface area is 204 Å². The lowest BCUT2D eigenvalue weighted by molar-refractivity contribution is 0.0730. The Bertz CT molecular complexity index is 1040. The summed E-state index contributed by atoms with van der Waals surface area (Å²) in [6.07, 6.45) is 8.90. The quantitative estimate of drug-likeness (QED) is 0.137. The standard InChI is InChI=1S/C30H38O4/c1-4-6-8-13-20-32-27-22-26(30(31)34-24-17-11-10-12-18-24)29(33-21-14-9-7-5-2)25-19-15-16-23(3)28(25)27/h10-12,15-19,22H,4-9,13-14,20-21H2,1-3H3. The average Bonchev–Trinajstić information content (AvgIpc) is 2.85. The van der Waals surface area contributed by atoms with E-state index in [2.05, 4.69) is 26.8 Å². The summed E-state index contributed by atoms with van der Waals surface area (Å²) in [6.45, 7) is 7.64. The van der Waals surface area contributed by atoms with Crippen LogP contribution in [0.2, 0.25) is 0 Å². The molecule has 0 radical (unpaired) electrons. The number of esters is 1. The van der Waals surface area contributed by atoms with E-state index in [1.807, 2.05) is 36.4 Å². The Balaban J connectivity index is 1.96. The Morgan fingerprint density at radius 3 is 2.12 bits per heavy atom. The van der Waals surface area contributed by atoms with Crippen LogP contribution in [0.4, 0.5) is 0 Å². The molecule has 3 aromatic rings. The summed E-state index contributed by atoms with van der Waals surface area (Å²) in [5, 5.41) is 1.89. The molecular formula is C30H38O4. The van der Waals surface area contributed by atoms with Crippen LogP contribution < -0.4 is 14.2 Å². The topological polar surface area (TPSA) is 44.8 Å². The molecule has 0 atom stereocenters. The Hall–Kier alpha value is -3.01. The van der Waals surface area contributed by atoms with Crippen molar-refractivity contribution in [3.63, 3.8) is 0 Å². The molecule has 3 rings (SSSR count). The van der Waals surface area contributed by atoms with E-state index in [4.69, 9.17) is 14.2 Å². The highest BCUT2D eigenvalue weighted by Gasteiger charge is 2.22. The number of aryl methyl sites for hydroxylation is 1. The highest BCUT2D eigenvalue weighted by molar-refractivity contribution is 6.05. The van der Waals surface area contributed by atoms with Crippen LogP contribution in [0, 0.1) is 6.92 Å². The van der Waals surface area contributed by atoms with Gasteiger partial charge in [0.15, 0.2) is 0 Å². The van der Waals surface area contributed by atoms with Gasteiger partial charge in [-0.3, -0.25) is 0 Å². The van der Waals surface area contributed by atoms with Crippen molar-refractivity contribution in [2.75, 3.05) is 13.2 Å². The minimum Gasteiger partial charge on any atom is -0.493 e. The minimum absolute atomic E-state index is 0.404. The van der Waals surface area contributed by atoms with Gasteiger partial charge in [-0.15, -0.1) is 0 Å². The fourth-order valence-corrected chi connectivity index (χ4v) is 4.08. The predicted molar refractivity (Wildman–Crippen MR) is 139 cm³/mol. The number of ether oxygens (including phenoxy) is 3. The second-order valence-corrected chi connectivity index (χ2v) is 8.77. The first-order valence-electron chi connectivity index (χ1n) is 12.7. The second-order valence-electron chi connectivity index (χ2n) is 8.77. The molecule has 0 heterocycles. The van der Waals surface area contributed by atoms with Gasteiger partial charge in [0.1, 0.15) is 22.8 Å². The number of rotatable bonds is 14. The van der Waals surface area contributed by atoms with Crippen LogP contribution in [-0.4, -0.2) is 19.2 Å². The summed E-state index contributed by atoms with van der Waals surface area (Å²) >= 11 is 0. The summed E-state index contributed by atoms with van der Waals surface area (Å²) in [7, 11) is 0. The van der Waals surface area contributed by atoms with Gasteiger partial charge in [-0.2, -0.15) is 0 Å². The van der Waals surface area contributed by atoms with Crippen LogP contribution in [0.1, 0.15) is 81.1 Å². The molecule has 182 valence electrons. The lowest BCUT2D eigenvalue weighted by Gasteiger charge is -2.18. The largest absolute Gasteiger partial charge is 0.493 e. The molecule has 0 unspecified atom stereocenters. The van der Waals surface area contributed by atoms with E-state index in [9.17, 15) is 4.79 Å². The highest BCUT2D eigenvalue weighted by Crippen LogP contribution is 2.39. The molecule has 0 spiro atoms. The van der Waals surface area contributed by atoms with E-state index in [1.165, 1.54) is 25.7 Å². The molecule has 0 amide bonds. The summed E-state index contributed by atoms with van der Waals surface area (Å²) < 4.78 is 18.2. The van der Waals surface area contributed by atoms with Crippen LogP contribution in [0.15, 0.2) is 54.6 Å². The predicted octanol–water partition coefficient (Wildman–Crippen LogP) is 8.29. The van der Waals surface area contributed by atoms with Crippen molar-refractivity contribution < 1.29 is 19.0 Å². The first-order valence-corrected chi connectivity index (χ1v) is 12.7. The normalized spacial score (nSPS) is 10.9. The zero-order chi connectivity index (χ0) is 24.2. The van der Waals surface area contributed by atoms with Gasteiger partial charge in [-0.05, 0) is 43.5 Å². The van der Waals surface area contributed by atoms with Crippen molar-refractivity contribution in [3.8, 4) is 17.2 Å². The van der Waals surface area contributed by atoms with Gasteiger partial charge in [0.2, 0.25) is 0 Å². The third-order valence-electron chi connectivity index (χ3n) is 5.96. The number of hydrogen-bond donors (Lipinski definition) is 0. The van der Waals surface area contributed by atoms with Gasteiger partial charge in [-0.25, -0.2) is 4.79 Å². The maximum Gasteiger partial charge on any atom is 0.347 e. The lowest BCUT2D eigenvalue weighted by atomic mass is 10.00. The Morgan fingerprint density at radius 2 is 1.44 bits per heavy atom. The van der Waals surface area contributed by atoms with E-state index in [0.29, 0.717) is 36.0 Å². The van der Waals surface area contributed by atoms with Crippen LogP contribution >= 0.6 is 0 Å². The third-order valence-corrected chi connectivity index (χ3v) is 5.96. The monoisotopic (exact) mass is 462 g/mol. The van der Waals surface area contributed by atoms with Crippen LogP contribution in [0.5, 0.6) is 17.2 Å². The molecular weight excluding hydrogens is 424 g/mol. The zero-order valence-corrected chi connectivity index (χ0v) is 20.9. The lowest BCUT2D eigenvalue weighted by Crippen LogP contribution is -2.13. The SMILES string of the molecule is CCCCCCOc1c(C(=O)Oc2ccccc2)cc(OCCCCCC)c2c(C)cccc12. The fraction of sp³-hybridized carbons (Fsp3) is 0.433. The van der Waals surface area contributed by atoms with Gasteiger partial charge in [-0.1, -0.05) is 88.8 Å². The maximum absolute atomic E-state index is 13.3. The summed E-state index contributed by atoms with van der Waals surface area (Å²) in [6, 6.07) is 17.0. The molecule has 0 saturated carbocycles. The number of para-hydroxylation sites is 1. The zero-order valence-electron chi connectivity index (χ0n) is 20.9. The number of hydrogen-bond acceptors (Lipinski definition) is 4. The number of benzene rings is 3. The number of unbranched alkanes of at least 4 members (excludes halogenated alkanes) is 6. The summed E-state index contributed by atoms with van der Waals surface area (Å²) in [4.78, 5) is 13.3. The van der Waals surface area contributed by atoms with Gasteiger partial charge in [0, 0.05) is 10.8 Å². The van der Waals surface area contributed by atoms with E-state index in [1.54, 1.807) is 12.1 Å². The third kappa shape index (κ3) is 6.99. The van der Waals surface area contributed by atoms with Crippen LogP contribution in [0.3, 0.4) is 0 Å². The molecule has 0 fully saturated rings. The summed E-state index contributed by atoms with van der Waals surface area (Å²) in [5.74, 6) is 1.36. The van der Waals surface area contributed by atoms with Gasteiger partial charge < -0.3 is 14.2 Å². The molecule has 0 saturated heterocycles. The minimum atomic E-state index is -0.436. The van der Waals surface area contributed by atoms with E-state index >= 15 is 0 Å². The van der Waals surface area contributed by atoms with Crippen LogP contribution in [0.25, 0.3) is 10.8 Å². The molecule has 0 aliphatic rings. The molecule has 0 aromatic heterocycles. The number of carbonyl (C=O) groups is 1. The molecule has 0 bridgehead atoms. The van der Waals surface area contributed by atoms with E-state index in [-0.39, 0.29) is 0 Å². The summed E-state index contributed by atoms with van der Waals surface area (Å²) in [5.41, 5.74) is 1.50. The van der Waals surface area contributed by atoms with Gasteiger partial charge in [0.05, 0.1) is 13.2 Å². The van der Waals surface area contributed by atoms with Crippen molar-refractivity contribution in [3.05, 3.63) is 65.7 Å². The average molecular weight is 463 g/mol. The van der Waals surface area contributed by atoms with E-state index in [0.717, 1.165) is 42.0 Å². The van der Waals surface area contributed by atoms with E-state index < -0.39 is 5.97 Å². The number of carbonyl (C=O) groups excluding carboxylic acids is 1. The number of fused-ring (bicyclic) bond motifs is 1. The van der Waals surface area contributed by atoms with Gasteiger partial charge in [0.25, 0.3) is 0 Å². The molecule has 3 aromatic carbocycles. The fourth-order valence-electron chi connectivity index (χ4n) is 4.08. The first kappa shape index (κ1) is 25.6. The first-order chi connectivity index (χ1) is 16.7. The smallest absolute Gasteiger partial charge is 0.347 e.